The molecular formula is C20H26N2O5S. The second-order valence-electron chi connectivity index (χ2n) is 6.49. The zero-order valence-electron chi connectivity index (χ0n) is 16.6. The highest BCUT2D eigenvalue weighted by Gasteiger charge is 2.21. The van der Waals surface area contributed by atoms with Gasteiger partial charge in [-0.3, -0.25) is 9.10 Å². The SMILES string of the molecule is COc1cccc(OCCNC(=O)CN(c2cc(C)cc(C)c2)S(C)(=O)=O)c1. The molecule has 152 valence electrons. The van der Waals surface area contributed by atoms with Crippen molar-refractivity contribution in [1.82, 2.24) is 5.32 Å². The Bertz CT molecular complexity index is 908. The van der Waals surface area contributed by atoms with Gasteiger partial charge in [0, 0.05) is 6.07 Å². The lowest BCUT2D eigenvalue weighted by atomic mass is 10.1. The van der Waals surface area contributed by atoms with Crippen molar-refractivity contribution in [3.63, 3.8) is 0 Å². The van der Waals surface area contributed by atoms with Crippen molar-refractivity contribution >= 4 is 21.6 Å². The number of aryl methyl sites for hydroxylation is 2. The molecule has 0 aliphatic heterocycles. The van der Waals surface area contributed by atoms with Crippen LogP contribution < -0.4 is 19.1 Å². The number of nitrogens with zero attached hydrogens (tertiary/aromatic N) is 1. The molecule has 0 heterocycles. The molecule has 0 aromatic heterocycles. The third kappa shape index (κ3) is 6.45. The summed E-state index contributed by atoms with van der Waals surface area (Å²) in [5, 5.41) is 2.68. The lowest BCUT2D eigenvalue weighted by molar-refractivity contribution is -0.119. The van der Waals surface area contributed by atoms with Crippen molar-refractivity contribution in [1.29, 1.82) is 0 Å². The van der Waals surface area contributed by atoms with Crippen LogP contribution in [-0.4, -0.2) is 47.4 Å². The minimum absolute atomic E-state index is 0.250. The summed E-state index contributed by atoms with van der Waals surface area (Å²) >= 11 is 0. The van der Waals surface area contributed by atoms with Crippen molar-refractivity contribution in [2.75, 3.05) is 37.4 Å². The highest BCUT2D eigenvalue weighted by Crippen LogP contribution is 2.21. The van der Waals surface area contributed by atoms with E-state index < -0.39 is 15.9 Å². The van der Waals surface area contributed by atoms with Crippen LogP contribution in [0, 0.1) is 13.8 Å². The Balaban J connectivity index is 1.93. The first-order chi connectivity index (χ1) is 13.2. The van der Waals surface area contributed by atoms with Crippen molar-refractivity contribution < 1.29 is 22.7 Å². The van der Waals surface area contributed by atoms with Gasteiger partial charge in [-0.2, -0.15) is 0 Å². The van der Waals surface area contributed by atoms with Gasteiger partial charge < -0.3 is 14.8 Å². The lowest BCUT2D eigenvalue weighted by Gasteiger charge is -2.22. The zero-order valence-corrected chi connectivity index (χ0v) is 17.4. The number of nitrogens with one attached hydrogen (secondary N) is 1. The number of ether oxygens (including phenoxy) is 2. The van der Waals surface area contributed by atoms with E-state index in [1.165, 1.54) is 0 Å². The number of amides is 1. The van der Waals surface area contributed by atoms with Crippen LogP contribution in [0.25, 0.3) is 0 Å². The number of hydrogen-bond acceptors (Lipinski definition) is 5. The maximum Gasteiger partial charge on any atom is 0.240 e. The first kappa shape index (κ1) is 21.6. The molecule has 28 heavy (non-hydrogen) atoms. The molecule has 0 radical (unpaired) electrons. The fraction of sp³-hybridized carbons (Fsp3) is 0.350. The van der Waals surface area contributed by atoms with E-state index in [1.54, 1.807) is 43.5 Å². The second-order valence-corrected chi connectivity index (χ2v) is 8.40. The summed E-state index contributed by atoms with van der Waals surface area (Å²) in [6.45, 7) is 3.97. The van der Waals surface area contributed by atoms with Gasteiger partial charge in [0.15, 0.2) is 0 Å². The van der Waals surface area contributed by atoms with Crippen LogP contribution in [0.2, 0.25) is 0 Å². The number of carbonyl (C=O) groups is 1. The lowest BCUT2D eigenvalue weighted by Crippen LogP contribution is -2.41. The molecule has 0 saturated heterocycles. The summed E-state index contributed by atoms with van der Waals surface area (Å²) in [4.78, 5) is 12.3. The average Bonchev–Trinajstić information content (AvgIpc) is 2.61. The van der Waals surface area contributed by atoms with Crippen LogP contribution in [0.5, 0.6) is 11.5 Å². The van der Waals surface area contributed by atoms with E-state index in [4.69, 9.17) is 9.47 Å². The second kappa shape index (κ2) is 9.45. The number of rotatable bonds is 9. The monoisotopic (exact) mass is 406 g/mol. The Labute approximate surface area is 166 Å². The Kier molecular flexibility index (Phi) is 7.28. The number of carbonyl (C=O) groups excluding carboxylic acids is 1. The van der Waals surface area contributed by atoms with Gasteiger partial charge in [0.25, 0.3) is 0 Å². The average molecular weight is 407 g/mol. The molecule has 2 rings (SSSR count). The van der Waals surface area contributed by atoms with Crippen LogP contribution >= 0.6 is 0 Å². The Morgan fingerprint density at radius 1 is 1.07 bits per heavy atom. The van der Waals surface area contributed by atoms with Crippen LogP contribution in [0.15, 0.2) is 42.5 Å². The van der Waals surface area contributed by atoms with Crippen LogP contribution in [-0.2, 0) is 14.8 Å². The van der Waals surface area contributed by atoms with E-state index in [9.17, 15) is 13.2 Å². The molecular weight excluding hydrogens is 380 g/mol. The third-order valence-electron chi connectivity index (χ3n) is 3.92. The van der Waals surface area contributed by atoms with Crippen LogP contribution in [0.4, 0.5) is 5.69 Å². The van der Waals surface area contributed by atoms with Gasteiger partial charge in [-0.15, -0.1) is 0 Å². The Morgan fingerprint density at radius 3 is 2.32 bits per heavy atom. The minimum Gasteiger partial charge on any atom is -0.497 e. The fourth-order valence-electron chi connectivity index (χ4n) is 2.73. The molecule has 2 aromatic carbocycles. The Morgan fingerprint density at radius 2 is 1.71 bits per heavy atom. The first-order valence-corrected chi connectivity index (χ1v) is 10.6. The molecule has 0 bridgehead atoms. The zero-order chi connectivity index (χ0) is 20.7. The summed E-state index contributed by atoms with van der Waals surface area (Å²) in [6.07, 6.45) is 1.09. The van der Waals surface area contributed by atoms with Crippen molar-refractivity contribution in [2.45, 2.75) is 13.8 Å². The van der Waals surface area contributed by atoms with Gasteiger partial charge in [0.05, 0.1) is 25.6 Å². The molecule has 0 atom stereocenters. The molecule has 8 heteroatoms. The number of sulfonamides is 1. The molecule has 1 N–H and O–H groups in total. The molecule has 2 aromatic rings. The van der Waals surface area contributed by atoms with Crippen molar-refractivity contribution in [3.8, 4) is 11.5 Å². The summed E-state index contributed by atoms with van der Waals surface area (Å²) in [6, 6.07) is 12.6. The molecule has 7 nitrogen and oxygen atoms in total. The van der Waals surface area contributed by atoms with Gasteiger partial charge in [-0.1, -0.05) is 12.1 Å². The van der Waals surface area contributed by atoms with Gasteiger partial charge in [-0.25, -0.2) is 8.42 Å². The Hall–Kier alpha value is -2.74. The van der Waals surface area contributed by atoms with E-state index in [1.807, 2.05) is 19.9 Å². The van der Waals surface area contributed by atoms with Crippen LogP contribution in [0.1, 0.15) is 11.1 Å². The fourth-order valence-corrected chi connectivity index (χ4v) is 3.57. The van der Waals surface area contributed by atoms with E-state index >= 15 is 0 Å². The summed E-state index contributed by atoms with van der Waals surface area (Å²) in [5.41, 5.74) is 2.33. The molecule has 1 amide bonds. The van der Waals surface area contributed by atoms with Gasteiger partial charge >= 0.3 is 0 Å². The topological polar surface area (TPSA) is 84.9 Å². The maximum absolute atomic E-state index is 12.3. The summed E-state index contributed by atoms with van der Waals surface area (Å²) in [7, 11) is -2.03. The predicted molar refractivity (Wildman–Crippen MR) is 110 cm³/mol. The number of anilines is 1. The van der Waals surface area contributed by atoms with E-state index in [0.29, 0.717) is 17.2 Å². The smallest absolute Gasteiger partial charge is 0.240 e. The number of methoxy groups -OCH3 is 1. The molecule has 0 saturated carbocycles. The van der Waals surface area contributed by atoms with Gasteiger partial charge in [-0.05, 0) is 49.2 Å². The molecule has 0 fully saturated rings. The molecule has 0 unspecified atom stereocenters. The van der Waals surface area contributed by atoms with E-state index in [0.717, 1.165) is 21.7 Å². The summed E-state index contributed by atoms with van der Waals surface area (Å²) < 4.78 is 36.1. The largest absolute Gasteiger partial charge is 0.497 e. The molecule has 0 spiro atoms. The highest BCUT2D eigenvalue weighted by atomic mass is 32.2. The highest BCUT2D eigenvalue weighted by molar-refractivity contribution is 7.92. The predicted octanol–water partition coefficient (Wildman–Crippen LogP) is 2.27. The molecule has 0 aliphatic rings. The maximum atomic E-state index is 12.3. The standard InChI is InChI=1S/C20H26N2O5S/c1-15-10-16(2)12-17(11-15)22(28(4,24)25)14-20(23)21-8-9-27-19-7-5-6-18(13-19)26-3/h5-7,10-13H,8-9,14H2,1-4H3,(H,21,23). The van der Waals surface area contributed by atoms with Gasteiger partial charge in [0.1, 0.15) is 24.7 Å². The molecule has 0 aliphatic carbocycles. The number of benzene rings is 2. The van der Waals surface area contributed by atoms with Crippen molar-refractivity contribution in [2.24, 2.45) is 0 Å². The normalized spacial score (nSPS) is 11.0. The van der Waals surface area contributed by atoms with E-state index in [2.05, 4.69) is 5.32 Å². The van der Waals surface area contributed by atoms with E-state index in [-0.39, 0.29) is 19.7 Å². The summed E-state index contributed by atoms with van der Waals surface area (Å²) in [5.74, 6) is 0.902. The minimum atomic E-state index is -3.60. The quantitative estimate of drug-likeness (QED) is 0.646. The number of hydrogen-bond donors (Lipinski definition) is 1. The van der Waals surface area contributed by atoms with Crippen LogP contribution in [0.3, 0.4) is 0 Å². The third-order valence-corrected chi connectivity index (χ3v) is 5.06. The first-order valence-electron chi connectivity index (χ1n) is 8.78. The van der Waals surface area contributed by atoms with Crippen molar-refractivity contribution in [3.05, 3.63) is 53.6 Å². The van der Waals surface area contributed by atoms with Gasteiger partial charge in [0.2, 0.25) is 15.9 Å².